The zero-order chi connectivity index (χ0) is 19.2. The summed E-state index contributed by atoms with van der Waals surface area (Å²) in [5.74, 6) is 3.54. The van der Waals surface area contributed by atoms with Crippen molar-refractivity contribution in [2.24, 2.45) is 4.99 Å². The molecular weight excluding hydrogens is 491 g/mol. The number of hydrogen-bond donors (Lipinski definition) is 2. The van der Waals surface area contributed by atoms with Crippen molar-refractivity contribution in [1.29, 1.82) is 0 Å². The molecule has 9 heteroatoms. The molecule has 1 unspecified atom stereocenters. The van der Waals surface area contributed by atoms with Gasteiger partial charge in [-0.3, -0.25) is 0 Å². The first-order chi connectivity index (χ1) is 13.1. The van der Waals surface area contributed by atoms with Crippen LogP contribution in [0.1, 0.15) is 37.5 Å². The Morgan fingerprint density at radius 3 is 2.93 bits per heavy atom. The molecule has 0 amide bonds. The Labute approximate surface area is 188 Å². The number of aryl methyl sites for hydroxylation is 2. The number of rotatable bonds is 6. The molecule has 1 aromatic heterocycles. The molecular formula is C19H28ClIN6O. The first-order valence-electron chi connectivity index (χ1n) is 9.42. The summed E-state index contributed by atoms with van der Waals surface area (Å²) in [6.07, 6.45) is 2.80. The average Bonchev–Trinajstić information content (AvgIpc) is 3.09. The summed E-state index contributed by atoms with van der Waals surface area (Å²) in [5, 5.41) is 12.1. The number of fused-ring (bicyclic) bond motifs is 1. The summed E-state index contributed by atoms with van der Waals surface area (Å²) in [6, 6.07) is 5.89. The highest BCUT2D eigenvalue weighted by molar-refractivity contribution is 14.0. The van der Waals surface area contributed by atoms with E-state index in [-0.39, 0.29) is 30.0 Å². The minimum Gasteiger partial charge on any atom is -0.496 e. The molecule has 28 heavy (non-hydrogen) atoms. The first kappa shape index (κ1) is 22.7. The monoisotopic (exact) mass is 518 g/mol. The molecule has 154 valence electrons. The van der Waals surface area contributed by atoms with E-state index in [1.165, 1.54) is 0 Å². The minimum atomic E-state index is 0. The van der Waals surface area contributed by atoms with Crippen molar-refractivity contribution in [2.45, 2.75) is 52.2 Å². The van der Waals surface area contributed by atoms with Gasteiger partial charge in [0.05, 0.1) is 20.2 Å². The van der Waals surface area contributed by atoms with E-state index in [9.17, 15) is 0 Å². The van der Waals surface area contributed by atoms with Crippen molar-refractivity contribution in [3.8, 4) is 5.75 Å². The number of nitrogens with zero attached hydrogens (tertiary/aromatic N) is 4. The van der Waals surface area contributed by atoms with Crippen LogP contribution in [0.5, 0.6) is 5.75 Å². The van der Waals surface area contributed by atoms with E-state index in [1.807, 2.05) is 22.9 Å². The maximum Gasteiger partial charge on any atom is 0.191 e. The van der Waals surface area contributed by atoms with Gasteiger partial charge in [0.2, 0.25) is 0 Å². The van der Waals surface area contributed by atoms with E-state index < -0.39 is 0 Å². The summed E-state index contributed by atoms with van der Waals surface area (Å²) < 4.78 is 7.43. The van der Waals surface area contributed by atoms with Gasteiger partial charge in [-0.15, -0.1) is 24.0 Å². The standard InChI is InChI=1S/C19H27ClN6O.HI/c1-4-17-24-18-9-8-15(12-26(18)25-17)23-19(21-5-2)22-11-13-6-7-14(20)10-16(13)27-3;/h6-7,10,15H,4-5,8-9,11-12H2,1-3H3,(H2,21,22,23);1H. The Bertz CT molecular complexity index is 810. The summed E-state index contributed by atoms with van der Waals surface area (Å²) in [7, 11) is 1.64. The molecule has 3 rings (SSSR count). The molecule has 7 nitrogen and oxygen atoms in total. The zero-order valence-electron chi connectivity index (χ0n) is 16.5. The van der Waals surface area contributed by atoms with Crippen molar-refractivity contribution in [3.63, 3.8) is 0 Å². The molecule has 0 spiro atoms. The maximum absolute atomic E-state index is 6.04. The molecule has 2 aromatic rings. The van der Waals surface area contributed by atoms with E-state index in [2.05, 4.69) is 34.6 Å². The van der Waals surface area contributed by atoms with E-state index in [0.717, 1.165) is 61.3 Å². The van der Waals surface area contributed by atoms with Gasteiger partial charge in [-0.05, 0) is 25.5 Å². The van der Waals surface area contributed by atoms with E-state index in [4.69, 9.17) is 21.3 Å². The van der Waals surface area contributed by atoms with Crippen LogP contribution in [0.25, 0.3) is 0 Å². The summed E-state index contributed by atoms with van der Waals surface area (Å²) in [4.78, 5) is 9.29. The fraction of sp³-hybridized carbons (Fsp3) is 0.526. The van der Waals surface area contributed by atoms with Gasteiger partial charge >= 0.3 is 0 Å². The number of aromatic nitrogens is 3. The third-order valence-corrected chi connectivity index (χ3v) is 4.79. The normalized spacial score (nSPS) is 16.1. The third kappa shape index (κ3) is 5.73. The predicted molar refractivity (Wildman–Crippen MR) is 123 cm³/mol. The molecule has 0 saturated heterocycles. The van der Waals surface area contributed by atoms with Gasteiger partial charge in [0.1, 0.15) is 11.6 Å². The molecule has 0 saturated carbocycles. The quantitative estimate of drug-likeness (QED) is 0.349. The fourth-order valence-electron chi connectivity index (χ4n) is 3.15. The van der Waals surface area contributed by atoms with Crippen molar-refractivity contribution in [2.75, 3.05) is 13.7 Å². The van der Waals surface area contributed by atoms with Crippen LogP contribution >= 0.6 is 35.6 Å². The summed E-state index contributed by atoms with van der Waals surface area (Å²) >= 11 is 6.04. The van der Waals surface area contributed by atoms with Crippen LogP contribution < -0.4 is 15.4 Å². The molecule has 0 aliphatic carbocycles. The SMILES string of the molecule is CCNC(=NCc1ccc(Cl)cc1OC)NC1CCc2nc(CC)nn2C1.I. The Morgan fingerprint density at radius 2 is 2.21 bits per heavy atom. The van der Waals surface area contributed by atoms with Gasteiger partial charge in [-0.1, -0.05) is 24.6 Å². The number of methoxy groups -OCH3 is 1. The number of guanidine groups is 1. The number of halogens is 2. The number of nitrogens with one attached hydrogen (secondary N) is 2. The molecule has 1 atom stereocenters. The molecule has 1 aromatic carbocycles. The fourth-order valence-corrected chi connectivity index (χ4v) is 3.32. The number of hydrogen-bond acceptors (Lipinski definition) is 4. The maximum atomic E-state index is 6.04. The van der Waals surface area contributed by atoms with Crippen LogP contribution in [0.15, 0.2) is 23.2 Å². The summed E-state index contributed by atoms with van der Waals surface area (Å²) in [6.45, 7) is 6.25. The second kappa shape index (κ2) is 10.8. The van der Waals surface area contributed by atoms with E-state index >= 15 is 0 Å². The van der Waals surface area contributed by atoms with Gasteiger partial charge in [-0.25, -0.2) is 14.7 Å². The number of aliphatic imine (C=N–C) groups is 1. The highest BCUT2D eigenvalue weighted by atomic mass is 127. The first-order valence-corrected chi connectivity index (χ1v) is 9.80. The van der Waals surface area contributed by atoms with Crippen molar-refractivity contribution >= 4 is 41.5 Å². The molecule has 2 N–H and O–H groups in total. The Morgan fingerprint density at radius 1 is 1.39 bits per heavy atom. The van der Waals surface area contributed by atoms with Gasteiger partial charge in [0, 0.05) is 36.0 Å². The van der Waals surface area contributed by atoms with Crippen molar-refractivity contribution < 1.29 is 4.74 Å². The van der Waals surface area contributed by atoms with Crippen LogP contribution in [0, 0.1) is 0 Å². The Kier molecular flexibility index (Phi) is 8.81. The lowest BCUT2D eigenvalue weighted by molar-refractivity contribution is 0.392. The molecule has 2 heterocycles. The molecule has 0 radical (unpaired) electrons. The second-order valence-electron chi connectivity index (χ2n) is 6.51. The molecule has 1 aliphatic heterocycles. The Balaban J connectivity index is 0.00000280. The minimum absolute atomic E-state index is 0. The number of benzene rings is 1. The van der Waals surface area contributed by atoms with Gasteiger partial charge in [0.15, 0.2) is 11.8 Å². The van der Waals surface area contributed by atoms with Crippen LogP contribution in [-0.4, -0.2) is 40.4 Å². The lowest BCUT2D eigenvalue weighted by Gasteiger charge is -2.25. The second-order valence-corrected chi connectivity index (χ2v) is 6.95. The smallest absolute Gasteiger partial charge is 0.191 e. The highest BCUT2D eigenvalue weighted by Crippen LogP contribution is 2.23. The van der Waals surface area contributed by atoms with E-state index in [1.54, 1.807) is 7.11 Å². The third-order valence-electron chi connectivity index (χ3n) is 4.56. The van der Waals surface area contributed by atoms with Crippen molar-refractivity contribution in [3.05, 3.63) is 40.4 Å². The zero-order valence-corrected chi connectivity index (χ0v) is 19.6. The molecule has 0 bridgehead atoms. The van der Waals surface area contributed by atoms with Gasteiger partial charge in [-0.2, -0.15) is 5.10 Å². The molecule has 0 fully saturated rings. The lowest BCUT2D eigenvalue weighted by atomic mass is 10.1. The van der Waals surface area contributed by atoms with Gasteiger partial charge in [0.25, 0.3) is 0 Å². The topological polar surface area (TPSA) is 76.4 Å². The van der Waals surface area contributed by atoms with Gasteiger partial charge < -0.3 is 15.4 Å². The van der Waals surface area contributed by atoms with Crippen LogP contribution in [0.3, 0.4) is 0 Å². The number of ether oxygens (including phenoxy) is 1. The predicted octanol–water partition coefficient (Wildman–Crippen LogP) is 3.19. The van der Waals surface area contributed by atoms with Crippen molar-refractivity contribution in [1.82, 2.24) is 25.4 Å². The Hall–Kier alpha value is -1.55. The van der Waals surface area contributed by atoms with Crippen LogP contribution in [-0.2, 0) is 25.9 Å². The largest absolute Gasteiger partial charge is 0.496 e. The highest BCUT2D eigenvalue weighted by Gasteiger charge is 2.22. The van der Waals surface area contributed by atoms with Crippen LogP contribution in [0.2, 0.25) is 5.02 Å². The summed E-state index contributed by atoms with van der Waals surface area (Å²) in [5.41, 5.74) is 0.994. The molecule has 1 aliphatic rings. The lowest BCUT2D eigenvalue weighted by Crippen LogP contribution is -2.47. The van der Waals surface area contributed by atoms with Crippen LogP contribution in [0.4, 0.5) is 0 Å². The average molecular weight is 519 g/mol. The van der Waals surface area contributed by atoms with E-state index in [0.29, 0.717) is 11.6 Å².